The molecule has 0 bridgehead atoms. The second kappa shape index (κ2) is 6.96. The summed E-state index contributed by atoms with van der Waals surface area (Å²) in [7, 11) is 1.84. The van der Waals surface area contributed by atoms with Crippen molar-refractivity contribution in [2.75, 3.05) is 13.6 Å². The summed E-state index contributed by atoms with van der Waals surface area (Å²) >= 11 is 0. The number of nitrogens with zero attached hydrogens (tertiary/aromatic N) is 2. The molecule has 1 aromatic carbocycles. The smallest absolute Gasteiger partial charge is 0.228 e. The third-order valence-corrected chi connectivity index (χ3v) is 5.68. The summed E-state index contributed by atoms with van der Waals surface area (Å²) in [5, 5.41) is 0. The van der Waals surface area contributed by atoms with Gasteiger partial charge in [0.15, 0.2) is 0 Å². The van der Waals surface area contributed by atoms with Gasteiger partial charge in [-0.1, -0.05) is 29.8 Å². The summed E-state index contributed by atoms with van der Waals surface area (Å²) in [6.07, 6.45) is 4.51. The molecule has 4 heteroatoms. The van der Waals surface area contributed by atoms with Crippen LogP contribution >= 0.6 is 0 Å². The molecule has 0 N–H and O–H groups in total. The first-order valence-electron chi connectivity index (χ1n) is 9.11. The van der Waals surface area contributed by atoms with E-state index in [1.807, 2.05) is 7.05 Å². The van der Waals surface area contributed by atoms with E-state index in [0.29, 0.717) is 18.9 Å². The van der Waals surface area contributed by atoms with Crippen LogP contribution in [-0.4, -0.2) is 41.2 Å². The maximum absolute atomic E-state index is 13.3. The fourth-order valence-electron chi connectivity index (χ4n) is 4.15. The van der Waals surface area contributed by atoms with E-state index in [0.717, 1.165) is 24.9 Å². The van der Waals surface area contributed by atoms with Crippen LogP contribution in [0.4, 0.5) is 0 Å². The van der Waals surface area contributed by atoms with Gasteiger partial charge in [0.05, 0.1) is 12.0 Å². The Balaban J connectivity index is 1.89. The van der Waals surface area contributed by atoms with Crippen molar-refractivity contribution >= 4 is 11.8 Å². The Morgan fingerprint density at radius 2 is 1.83 bits per heavy atom. The number of piperidine rings is 2. The zero-order valence-corrected chi connectivity index (χ0v) is 15.0. The average Bonchev–Trinajstić information content (AvgIpc) is 2.58. The van der Waals surface area contributed by atoms with E-state index in [9.17, 15) is 9.59 Å². The van der Waals surface area contributed by atoms with Crippen molar-refractivity contribution < 1.29 is 9.59 Å². The number of aryl methyl sites for hydroxylation is 1. The second-order valence-electron chi connectivity index (χ2n) is 7.38. The summed E-state index contributed by atoms with van der Waals surface area (Å²) in [6.45, 7) is 5.06. The van der Waals surface area contributed by atoms with Gasteiger partial charge in [-0.2, -0.15) is 0 Å². The third kappa shape index (κ3) is 3.19. The molecule has 0 unspecified atom stereocenters. The molecule has 0 radical (unpaired) electrons. The summed E-state index contributed by atoms with van der Waals surface area (Å²) in [5.74, 6) is 0.236. The van der Waals surface area contributed by atoms with Gasteiger partial charge in [-0.05, 0) is 45.1 Å². The minimum absolute atomic E-state index is 0.129. The number of carbonyl (C=O) groups excluding carboxylic acids is 2. The van der Waals surface area contributed by atoms with Gasteiger partial charge in [0.2, 0.25) is 11.8 Å². The molecule has 2 saturated heterocycles. The minimum Gasteiger partial charge on any atom is -0.340 e. The molecule has 130 valence electrons. The van der Waals surface area contributed by atoms with Gasteiger partial charge in [-0.15, -0.1) is 0 Å². The van der Waals surface area contributed by atoms with Gasteiger partial charge in [-0.25, -0.2) is 0 Å². The fraction of sp³-hybridized carbons (Fsp3) is 0.600. The Labute approximate surface area is 144 Å². The van der Waals surface area contributed by atoms with Crippen LogP contribution in [0.25, 0.3) is 0 Å². The van der Waals surface area contributed by atoms with E-state index < -0.39 is 0 Å². The van der Waals surface area contributed by atoms with Crippen molar-refractivity contribution in [3.8, 4) is 0 Å². The van der Waals surface area contributed by atoms with E-state index in [2.05, 4.69) is 43.0 Å². The lowest BCUT2D eigenvalue weighted by Crippen LogP contribution is -2.51. The highest BCUT2D eigenvalue weighted by molar-refractivity contribution is 5.85. The van der Waals surface area contributed by atoms with Gasteiger partial charge in [0.1, 0.15) is 0 Å². The molecule has 0 aliphatic carbocycles. The number of amides is 2. The van der Waals surface area contributed by atoms with Gasteiger partial charge in [-0.3, -0.25) is 9.59 Å². The number of benzene rings is 1. The molecule has 0 spiro atoms. The van der Waals surface area contributed by atoms with Crippen LogP contribution < -0.4 is 0 Å². The van der Waals surface area contributed by atoms with Crippen LogP contribution in [0.2, 0.25) is 0 Å². The van der Waals surface area contributed by atoms with E-state index in [4.69, 9.17) is 0 Å². The lowest BCUT2D eigenvalue weighted by atomic mass is 9.82. The highest BCUT2D eigenvalue weighted by Crippen LogP contribution is 2.38. The molecule has 2 heterocycles. The Morgan fingerprint density at radius 1 is 1.12 bits per heavy atom. The SMILES string of the molecule is Cc1ccc([C@@H]2[C@H](C(=O)N3CCCC[C@H]3C)CCC(=O)N2C)cc1. The van der Waals surface area contributed by atoms with Crippen LogP contribution in [0.1, 0.15) is 56.2 Å². The zero-order chi connectivity index (χ0) is 17.3. The Kier molecular flexibility index (Phi) is 4.93. The molecule has 2 amide bonds. The fourth-order valence-corrected chi connectivity index (χ4v) is 4.15. The van der Waals surface area contributed by atoms with Crippen molar-refractivity contribution in [1.29, 1.82) is 0 Å². The summed E-state index contributed by atoms with van der Waals surface area (Å²) in [4.78, 5) is 29.3. The highest BCUT2D eigenvalue weighted by atomic mass is 16.2. The molecule has 3 rings (SSSR count). The minimum atomic E-state index is -0.145. The summed E-state index contributed by atoms with van der Waals surface area (Å²) in [5.41, 5.74) is 2.26. The number of rotatable bonds is 2. The monoisotopic (exact) mass is 328 g/mol. The van der Waals surface area contributed by atoms with Crippen molar-refractivity contribution in [2.45, 2.75) is 58.0 Å². The molecule has 3 atom stereocenters. The molecule has 1 aromatic rings. The molecular weight excluding hydrogens is 300 g/mol. The number of carbonyl (C=O) groups is 2. The van der Waals surface area contributed by atoms with E-state index in [1.165, 1.54) is 12.0 Å². The van der Waals surface area contributed by atoms with Crippen LogP contribution in [-0.2, 0) is 9.59 Å². The van der Waals surface area contributed by atoms with Gasteiger partial charge in [0.25, 0.3) is 0 Å². The molecule has 2 aliphatic rings. The lowest BCUT2D eigenvalue weighted by Gasteiger charge is -2.43. The molecule has 4 nitrogen and oxygen atoms in total. The summed E-state index contributed by atoms with van der Waals surface area (Å²) in [6, 6.07) is 8.42. The van der Waals surface area contributed by atoms with Gasteiger partial charge >= 0.3 is 0 Å². The summed E-state index contributed by atoms with van der Waals surface area (Å²) < 4.78 is 0. The Hall–Kier alpha value is -1.84. The van der Waals surface area contributed by atoms with E-state index >= 15 is 0 Å². The van der Waals surface area contributed by atoms with Crippen molar-refractivity contribution in [2.24, 2.45) is 5.92 Å². The maximum Gasteiger partial charge on any atom is 0.228 e. The van der Waals surface area contributed by atoms with Crippen LogP contribution in [0.5, 0.6) is 0 Å². The molecular formula is C20H28N2O2. The standard InChI is InChI=1S/C20H28N2O2/c1-14-7-9-16(10-8-14)19-17(11-12-18(23)21(19)3)20(24)22-13-5-4-6-15(22)2/h7-10,15,17,19H,4-6,11-13H2,1-3H3/t15-,17-,19-/m1/s1. The van der Waals surface area contributed by atoms with Crippen LogP contribution in [0.3, 0.4) is 0 Å². The second-order valence-corrected chi connectivity index (χ2v) is 7.38. The quantitative estimate of drug-likeness (QED) is 0.836. The highest BCUT2D eigenvalue weighted by Gasteiger charge is 2.41. The van der Waals surface area contributed by atoms with Crippen LogP contribution in [0.15, 0.2) is 24.3 Å². The first-order chi connectivity index (χ1) is 11.5. The van der Waals surface area contributed by atoms with Crippen LogP contribution in [0, 0.1) is 12.8 Å². The Bertz CT molecular complexity index is 611. The predicted octanol–water partition coefficient (Wildman–Crippen LogP) is 3.31. The first-order valence-corrected chi connectivity index (χ1v) is 9.11. The number of hydrogen-bond donors (Lipinski definition) is 0. The third-order valence-electron chi connectivity index (χ3n) is 5.68. The first kappa shape index (κ1) is 17.0. The topological polar surface area (TPSA) is 40.6 Å². The Morgan fingerprint density at radius 3 is 2.50 bits per heavy atom. The lowest BCUT2D eigenvalue weighted by molar-refractivity contribution is -0.148. The predicted molar refractivity (Wildman–Crippen MR) is 94.4 cm³/mol. The van der Waals surface area contributed by atoms with E-state index in [1.54, 1.807) is 4.90 Å². The molecule has 0 saturated carbocycles. The van der Waals surface area contributed by atoms with E-state index in [-0.39, 0.29) is 23.8 Å². The van der Waals surface area contributed by atoms with Crippen molar-refractivity contribution in [1.82, 2.24) is 9.80 Å². The normalized spacial score (nSPS) is 28.1. The van der Waals surface area contributed by atoms with Gasteiger partial charge in [0, 0.05) is 26.1 Å². The van der Waals surface area contributed by atoms with Crippen molar-refractivity contribution in [3.05, 3.63) is 35.4 Å². The zero-order valence-electron chi connectivity index (χ0n) is 15.0. The molecule has 2 fully saturated rings. The average molecular weight is 328 g/mol. The molecule has 0 aromatic heterocycles. The van der Waals surface area contributed by atoms with Gasteiger partial charge < -0.3 is 9.80 Å². The number of likely N-dealkylation sites (tertiary alicyclic amines) is 2. The largest absolute Gasteiger partial charge is 0.340 e. The maximum atomic E-state index is 13.3. The van der Waals surface area contributed by atoms with Crippen molar-refractivity contribution in [3.63, 3.8) is 0 Å². The molecule has 24 heavy (non-hydrogen) atoms. The molecule has 2 aliphatic heterocycles. The number of hydrogen-bond acceptors (Lipinski definition) is 2.